The van der Waals surface area contributed by atoms with Crippen molar-refractivity contribution in [2.45, 2.75) is 18.0 Å². The maximum absolute atomic E-state index is 13.6. The van der Waals surface area contributed by atoms with E-state index in [2.05, 4.69) is 4.98 Å². The lowest BCUT2D eigenvalue weighted by Crippen LogP contribution is -2.28. The normalized spacial score (nSPS) is 12.3. The Labute approximate surface area is 119 Å². The van der Waals surface area contributed by atoms with Gasteiger partial charge < -0.3 is 0 Å². The number of sulfonamides is 1. The highest BCUT2D eigenvalue weighted by atomic mass is 32.2. The lowest BCUT2D eigenvalue weighted by molar-refractivity contribution is 0.0658. The first-order chi connectivity index (χ1) is 9.84. The van der Waals surface area contributed by atoms with E-state index in [-0.39, 0.29) is 5.82 Å². The van der Waals surface area contributed by atoms with Crippen LogP contribution in [-0.2, 0) is 16.6 Å². The van der Waals surface area contributed by atoms with Gasteiger partial charge in [-0.15, -0.1) is 0 Å². The molecule has 0 fully saturated rings. The molecular formula is C12H12F3N3O2S. The molecule has 9 heteroatoms. The zero-order chi connectivity index (χ0) is 15.6. The van der Waals surface area contributed by atoms with E-state index in [1.807, 2.05) is 0 Å². The summed E-state index contributed by atoms with van der Waals surface area (Å²) in [5.74, 6) is -1.03. The maximum Gasteiger partial charge on any atom is 0.319 e. The number of imidazole rings is 1. The van der Waals surface area contributed by atoms with Crippen LogP contribution in [0.3, 0.4) is 0 Å². The molecule has 0 saturated carbocycles. The molecule has 0 bridgehead atoms. The summed E-state index contributed by atoms with van der Waals surface area (Å²) in [5, 5.41) is 0. The Morgan fingerprint density at radius 3 is 2.62 bits per heavy atom. The van der Waals surface area contributed by atoms with Gasteiger partial charge in [0.15, 0.2) is 0 Å². The van der Waals surface area contributed by atoms with Crippen molar-refractivity contribution in [3.63, 3.8) is 0 Å². The summed E-state index contributed by atoms with van der Waals surface area (Å²) < 4.78 is 64.7. The fourth-order valence-electron chi connectivity index (χ4n) is 1.75. The Morgan fingerprint density at radius 2 is 2.00 bits per heavy atom. The van der Waals surface area contributed by atoms with Crippen LogP contribution in [0.15, 0.2) is 41.6 Å². The van der Waals surface area contributed by atoms with Crippen LogP contribution in [0.2, 0.25) is 0 Å². The third kappa shape index (κ3) is 3.08. The minimum absolute atomic E-state index is 0.132. The standard InChI is InChI=1S/C12H12F3N3O2S/c1-17(8-11-16-6-7-18(11)12(14)15)21(19,20)10-5-3-2-4-9(10)13/h2-7,12H,8H2,1H3. The molecule has 1 heterocycles. The van der Waals surface area contributed by atoms with Gasteiger partial charge in [0, 0.05) is 19.4 Å². The lowest BCUT2D eigenvalue weighted by Gasteiger charge is -2.17. The molecule has 0 aliphatic rings. The SMILES string of the molecule is CN(Cc1nccn1C(F)F)S(=O)(=O)c1ccccc1F. The fraction of sp³-hybridized carbons (Fsp3) is 0.250. The van der Waals surface area contributed by atoms with Crippen molar-refractivity contribution in [2.75, 3.05) is 7.05 Å². The molecule has 0 atom stereocenters. The molecule has 1 aromatic carbocycles. The number of halogens is 3. The van der Waals surface area contributed by atoms with Gasteiger partial charge in [-0.2, -0.15) is 13.1 Å². The maximum atomic E-state index is 13.6. The smallest absolute Gasteiger partial charge is 0.277 e. The number of aromatic nitrogens is 2. The van der Waals surface area contributed by atoms with Crippen molar-refractivity contribution >= 4 is 10.0 Å². The van der Waals surface area contributed by atoms with Crippen molar-refractivity contribution in [2.24, 2.45) is 0 Å². The summed E-state index contributed by atoms with van der Waals surface area (Å²) in [6.07, 6.45) is 2.19. The number of hydrogen-bond donors (Lipinski definition) is 0. The summed E-state index contributed by atoms with van der Waals surface area (Å²) in [6, 6.07) is 4.86. The first-order valence-electron chi connectivity index (χ1n) is 5.84. The van der Waals surface area contributed by atoms with Crippen molar-refractivity contribution < 1.29 is 21.6 Å². The average molecular weight is 319 g/mol. The molecule has 0 spiro atoms. The minimum atomic E-state index is -4.13. The van der Waals surface area contributed by atoms with Gasteiger partial charge in [-0.3, -0.25) is 4.57 Å². The van der Waals surface area contributed by atoms with Gasteiger partial charge in [0.05, 0.1) is 6.54 Å². The molecule has 0 radical (unpaired) electrons. The van der Waals surface area contributed by atoms with Gasteiger partial charge >= 0.3 is 6.55 Å². The molecule has 114 valence electrons. The summed E-state index contributed by atoms with van der Waals surface area (Å²) in [5.41, 5.74) is 0. The van der Waals surface area contributed by atoms with Crippen LogP contribution in [0.25, 0.3) is 0 Å². The van der Waals surface area contributed by atoms with Crippen LogP contribution < -0.4 is 0 Å². The Morgan fingerprint density at radius 1 is 1.33 bits per heavy atom. The second kappa shape index (κ2) is 5.86. The van der Waals surface area contributed by atoms with E-state index in [1.54, 1.807) is 0 Å². The van der Waals surface area contributed by atoms with E-state index >= 15 is 0 Å². The van der Waals surface area contributed by atoms with E-state index in [0.29, 0.717) is 4.57 Å². The Balaban J connectivity index is 2.29. The zero-order valence-electron chi connectivity index (χ0n) is 10.9. The lowest BCUT2D eigenvalue weighted by atomic mass is 10.4. The van der Waals surface area contributed by atoms with E-state index in [1.165, 1.54) is 19.2 Å². The molecule has 0 N–H and O–H groups in total. The highest BCUT2D eigenvalue weighted by molar-refractivity contribution is 7.89. The molecule has 0 unspecified atom stereocenters. The molecule has 1 aromatic heterocycles. The first-order valence-corrected chi connectivity index (χ1v) is 7.29. The van der Waals surface area contributed by atoms with Crippen LogP contribution in [0.4, 0.5) is 13.2 Å². The van der Waals surface area contributed by atoms with Crippen LogP contribution in [0.5, 0.6) is 0 Å². The highest BCUT2D eigenvalue weighted by Gasteiger charge is 2.26. The predicted molar refractivity (Wildman–Crippen MR) is 68.5 cm³/mol. The van der Waals surface area contributed by atoms with Crippen LogP contribution >= 0.6 is 0 Å². The highest BCUT2D eigenvalue weighted by Crippen LogP contribution is 2.20. The molecule has 21 heavy (non-hydrogen) atoms. The molecule has 0 amide bonds. The minimum Gasteiger partial charge on any atom is -0.277 e. The van der Waals surface area contributed by atoms with Gasteiger partial charge in [-0.05, 0) is 12.1 Å². The second-order valence-corrected chi connectivity index (χ2v) is 6.23. The van der Waals surface area contributed by atoms with Gasteiger partial charge in [0.25, 0.3) is 0 Å². The number of nitrogens with zero attached hydrogens (tertiary/aromatic N) is 3. The van der Waals surface area contributed by atoms with Crippen LogP contribution in [-0.4, -0.2) is 29.3 Å². The number of alkyl halides is 2. The van der Waals surface area contributed by atoms with E-state index in [0.717, 1.165) is 28.8 Å². The van der Waals surface area contributed by atoms with Crippen molar-refractivity contribution in [3.05, 3.63) is 48.3 Å². The second-order valence-electron chi connectivity index (χ2n) is 4.22. The first kappa shape index (κ1) is 15.5. The molecule has 2 rings (SSSR count). The monoisotopic (exact) mass is 319 g/mol. The third-order valence-electron chi connectivity index (χ3n) is 2.85. The predicted octanol–water partition coefficient (Wildman–Crippen LogP) is 2.24. The Bertz CT molecular complexity index is 731. The number of hydrogen-bond acceptors (Lipinski definition) is 3. The quantitative estimate of drug-likeness (QED) is 0.849. The van der Waals surface area contributed by atoms with Crippen LogP contribution in [0.1, 0.15) is 12.4 Å². The molecule has 0 saturated heterocycles. The molecular weight excluding hydrogens is 307 g/mol. The van der Waals surface area contributed by atoms with Crippen molar-refractivity contribution in [3.8, 4) is 0 Å². The topological polar surface area (TPSA) is 55.2 Å². The van der Waals surface area contributed by atoms with E-state index in [9.17, 15) is 21.6 Å². The average Bonchev–Trinajstić information content (AvgIpc) is 2.87. The van der Waals surface area contributed by atoms with E-state index in [4.69, 9.17) is 0 Å². The molecule has 5 nitrogen and oxygen atoms in total. The van der Waals surface area contributed by atoms with Gasteiger partial charge in [0.2, 0.25) is 10.0 Å². The summed E-state index contributed by atoms with van der Waals surface area (Å²) in [6.45, 7) is -3.22. The molecule has 0 aliphatic carbocycles. The molecule has 0 aliphatic heterocycles. The molecule has 2 aromatic rings. The van der Waals surface area contributed by atoms with Crippen molar-refractivity contribution in [1.82, 2.24) is 13.9 Å². The Kier molecular flexibility index (Phi) is 4.33. The summed E-state index contributed by atoms with van der Waals surface area (Å²) >= 11 is 0. The fourth-order valence-corrected chi connectivity index (χ4v) is 2.94. The van der Waals surface area contributed by atoms with Gasteiger partial charge in [-0.1, -0.05) is 12.1 Å². The number of rotatable bonds is 5. The van der Waals surface area contributed by atoms with Gasteiger partial charge in [-0.25, -0.2) is 17.8 Å². The summed E-state index contributed by atoms with van der Waals surface area (Å²) in [4.78, 5) is 3.18. The third-order valence-corrected chi connectivity index (χ3v) is 4.68. The largest absolute Gasteiger partial charge is 0.319 e. The Hall–Kier alpha value is -1.87. The zero-order valence-corrected chi connectivity index (χ0v) is 11.8. The summed E-state index contributed by atoms with van der Waals surface area (Å²) in [7, 11) is -2.96. The van der Waals surface area contributed by atoms with Crippen molar-refractivity contribution in [1.29, 1.82) is 0 Å². The van der Waals surface area contributed by atoms with Gasteiger partial charge in [0.1, 0.15) is 16.5 Å². The van der Waals surface area contributed by atoms with E-state index < -0.39 is 33.8 Å². The number of benzene rings is 1. The van der Waals surface area contributed by atoms with Crippen LogP contribution in [0, 0.1) is 5.82 Å².